The zero-order chi connectivity index (χ0) is 22.7. The summed E-state index contributed by atoms with van der Waals surface area (Å²) >= 11 is 2.03. The molecule has 0 aliphatic heterocycles. The van der Waals surface area contributed by atoms with Gasteiger partial charge in [0.25, 0.3) is 0 Å². The molecule has 0 saturated heterocycles. The summed E-state index contributed by atoms with van der Waals surface area (Å²) in [6, 6.07) is 10.9. The molecule has 0 radical (unpaired) electrons. The first-order valence-electron chi connectivity index (χ1n) is 13.0. The Morgan fingerprint density at radius 2 is 1.75 bits per heavy atom. The van der Waals surface area contributed by atoms with Crippen molar-refractivity contribution in [3.05, 3.63) is 53.1 Å². The summed E-state index contributed by atoms with van der Waals surface area (Å²) in [7, 11) is 0. The van der Waals surface area contributed by atoms with Crippen LogP contribution in [0.4, 0.5) is 0 Å². The summed E-state index contributed by atoms with van der Waals surface area (Å²) in [6.07, 6.45) is 10.9. The van der Waals surface area contributed by atoms with Crippen LogP contribution in [0, 0.1) is 34.0 Å². The maximum Gasteiger partial charge on any atom is 0.0594 e. The minimum atomic E-state index is -0.144. The molecule has 0 unspecified atom stereocenters. The van der Waals surface area contributed by atoms with E-state index in [0.717, 1.165) is 18.3 Å². The molecule has 1 aromatic carbocycles. The van der Waals surface area contributed by atoms with E-state index in [1.807, 2.05) is 11.8 Å². The second kappa shape index (κ2) is 8.05. The molecule has 5 rings (SSSR count). The first kappa shape index (κ1) is 22.8. The smallest absolute Gasteiger partial charge is 0.0594 e. The van der Waals surface area contributed by atoms with E-state index in [-0.39, 0.29) is 16.9 Å². The number of rotatable bonds is 4. The Labute approximate surface area is 200 Å². The van der Waals surface area contributed by atoms with E-state index in [1.165, 1.54) is 49.2 Å². The molecule has 32 heavy (non-hydrogen) atoms. The zero-order valence-corrected chi connectivity index (χ0v) is 21.6. The van der Waals surface area contributed by atoms with Crippen molar-refractivity contribution in [1.82, 2.24) is 0 Å². The normalized spacial score (nSPS) is 39.1. The molecule has 1 fully saturated rings. The van der Waals surface area contributed by atoms with E-state index >= 15 is 0 Å². The Hall–Kier alpha value is -0.990. The highest BCUT2D eigenvalue weighted by molar-refractivity contribution is 7.99. The molecule has 2 heteroatoms. The van der Waals surface area contributed by atoms with E-state index in [4.69, 9.17) is 0 Å². The summed E-state index contributed by atoms with van der Waals surface area (Å²) in [5.74, 6) is 3.30. The van der Waals surface area contributed by atoms with Crippen LogP contribution in [-0.2, 0) is 0 Å². The molecule has 0 bridgehead atoms. The van der Waals surface area contributed by atoms with Gasteiger partial charge in [0.1, 0.15) is 0 Å². The van der Waals surface area contributed by atoms with Gasteiger partial charge in [-0.15, -0.1) is 11.8 Å². The number of hydrogen-bond donors (Lipinski definition) is 1. The van der Waals surface area contributed by atoms with Crippen molar-refractivity contribution >= 4 is 11.8 Å². The minimum absolute atomic E-state index is 0.0298. The fourth-order valence-corrected chi connectivity index (χ4v) is 9.47. The fourth-order valence-electron chi connectivity index (χ4n) is 8.44. The van der Waals surface area contributed by atoms with Gasteiger partial charge in [0, 0.05) is 10.6 Å². The summed E-state index contributed by atoms with van der Waals surface area (Å²) in [5, 5.41) is 10.8. The van der Waals surface area contributed by atoms with Gasteiger partial charge in [-0.1, -0.05) is 64.5 Å². The second-order valence-electron chi connectivity index (χ2n) is 12.3. The van der Waals surface area contributed by atoms with E-state index in [0.29, 0.717) is 11.3 Å². The van der Waals surface area contributed by atoms with Crippen LogP contribution >= 0.6 is 11.8 Å². The number of fused-ring (bicyclic) bond motifs is 4. The highest BCUT2D eigenvalue weighted by atomic mass is 32.2. The summed E-state index contributed by atoms with van der Waals surface area (Å²) in [6.45, 7) is 12.3. The van der Waals surface area contributed by atoms with Crippen LogP contribution in [0.5, 0.6) is 0 Å². The number of benzene rings is 1. The molecule has 0 heterocycles. The van der Waals surface area contributed by atoms with Gasteiger partial charge >= 0.3 is 0 Å². The van der Waals surface area contributed by atoms with Crippen molar-refractivity contribution in [2.75, 3.05) is 5.75 Å². The second-order valence-corrected chi connectivity index (χ2v) is 13.4. The average molecular weight is 451 g/mol. The van der Waals surface area contributed by atoms with Crippen LogP contribution in [-0.4, -0.2) is 17.0 Å². The van der Waals surface area contributed by atoms with Crippen LogP contribution in [0.3, 0.4) is 0 Å². The van der Waals surface area contributed by atoms with E-state index in [9.17, 15) is 5.11 Å². The lowest BCUT2D eigenvalue weighted by atomic mass is 9.46. The standard InChI is InChI=1S/C30H42OS/c1-20(19-32-21-9-7-6-8-10-21)23-12-13-24-22-11-14-26-28(2,3)27(31)16-18-30(26,5)25(22)15-17-29(23,24)4/h6-10,13,20,23,26-27,31H,11-12,14-19H2,1-5H3/t20-,23-,26+,27+,29-,30-/m1/s1. The van der Waals surface area contributed by atoms with Gasteiger partial charge in [-0.2, -0.15) is 0 Å². The van der Waals surface area contributed by atoms with Crippen molar-refractivity contribution in [2.45, 2.75) is 90.6 Å². The molecule has 4 aliphatic carbocycles. The number of aliphatic hydroxyl groups is 1. The molecule has 4 aliphatic rings. The van der Waals surface area contributed by atoms with E-state index in [2.05, 4.69) is 71.0 Å². The van der Waals surface area contributed by atoms with Gasteiger partial charge in [-0.05, 0) is 102 Å². The van der Waals surface area contributed by atoms with E-state index < -0.39 is 0 Å². The summed E-state index contributed by atoms with van der Waals surface area (Å²) < 4.78 is 0. The molecular weight excluding hydrogens is 408 g/mol. The minimum Gasteiger partial charge on any atom is -0.393 e. The maximum atomic E-state index is 10.8. The molecule has 174 valence electrons. The number of thioether (sulfide) groups is 1. The first-order chi connectivity index (χ1) is 15.2. The zero-order valence-electron chi connectivity index (χ0n) is 20.8. The number of aliphatic hydroxyl groups excluding tert-OH is 1. The van der Waals surface area contributed by atoms with Crippen molar-refractivity contribution in [2.24, 2.45) is 34.0 Å². The molecular formula is C30H42OS. The Balaban J connectivity index is 1.38. The predicted molar refractivity (Wildman–Crippen MR) is 137 cm³/mol. The van der Waals surface area contributed by atoms with Crippen LogP contribution in [0.15, 0.2) is 58.0 Å². The lowest BCUT2D eigenvalue weighted by Crippen LogP contribution is -2.53. The Bertz CT molecular complexity index is 927. The summed E-state index contributed by atoms with van der Waals surface area (Å²) in [5.41, 5.74) is 5.92. The maximum absolute atomic E-state index is 10.8. The lowest BCUT2D eigenvalue weighted by Gasteiger charge is -2.59. The van der Waals surface area contributed by atoms with Gasteiger partial charge in [-0.25, -0.2) is 0 Å². The van der Waals surface area contributed by atoms with Gasteiger partial charge in [-0.3, -0.25) is 0 Å². The molecule has 1 aromatic rings. The third kappa shape index (κ3) is 3.38. The molecule has 0 spiro atoms. The van der Waals surface area contributed by atoms with Crippen LogP contribution in [0.25, 0.3) is 0 Å². The van der Waals surface area contributed by atoms with Gasteiger partial charge in [0.2, 0.25) is 0 Å². The van der Waals surface area contributed by atoms with Gasteiger partial charge in [0.15, 0.2) is 0 Å². The number of hydrogen-bond acceptors (Lipinski definition) is 2. The molecule has 0 amide bonds. The molecule has 1 saturated carbocycles. The molecule has 6 atom stereocenters. The fraction of sp³-hybridized carbons (Fsp3) is 0.667. The average Bonchev–Trinajstić information content (AvgIpc) is 3.13. The highest BCUT2D eigenvalue weighted by Crippen LogP contribution is 2.66. The Morgan fingerprint density at radius 1 is 1.00 bits per heavy atom. The van der Waals surface area contributed by atoms with Gasteiger partial charge in [0.05, 0.1) is 6.10 Å². The van der Waals surface area contributed by atoms with E-state index in [1.54, 1.807) is 16.7 Å². The number of allylic oxidation sites excluding steroid dienone is 4. The quantitative estimate of drug-likeness (QED) is 0.468. The van der Waals surface area contributed by atoms with Crippen molar-refractivity contribution < 1.29 is 5.11 Å². The van der Waals surface area contributed by atoms with Crippen LogP contribution in [0.2, 0.25) is 0 Å². The third-order valence-corrected chi connectivity index (χ3v) is 11.7. The topological polar surface area (TPSA) is 20.2 Å². The van der Waals surface area contributed by atoms with Crippen LogP contribution in [0.1, 0.15) is 79.6 Å². The third-order valence-electron chi connectivity index (χ3n) is 10.4. The molecule has 1 nitrogen and oxygen atoms in total. The van der Waals surface area contributed by atoms with Gasteiger partial charge < -0.3 is 5.11 Å². The van der Waals surface area contributed by atoms with Crippen molar-refractivity contribution in [3.8, 4) is 0 Å². The van der Waals surface area contributed by atoms with Crippen molar-refractivity contribution in [3.63, 3.8) is 0 Å². The lowest BCUT2D eigenvalue weighted by molar-refractivity contribution is -0.0905. The largest absolute Gasteiger partial charge is 0.393 e. The predicted octanol–water partition coefficient (Wildman–Crippen LogP) is 8.06. The Morgan fingerprint density at radius 3 is 2.50 bits per heavy atom. The highest BCUT2D eigenvalue weighted by Gasteiger charge is 2.57. The monoisotopic (exact) mass is 450 g/mol. The molecule has 1 N–H and O–H groups in total. The molecule has 0 aromatic heterocycles. The summed E-state index contributed by atoms with van der Waals surface area (Å²) in [4.78, 5) is 1.40. The van der Waals surface area contributed by atoms with Crippen molar-refractivity contribution in [1.29, 1.82) is 0 Å². The SMILES string of the molecule is C[C@H](CSc1ccccc1)[C@H]1CC=C2C3=C(CC[C@@]21C)[C@@]1(C)CC[C@H](O)C(C)(C)[C@@H]1CC3. The first-order valence-corrected chi connectivity index (χ1v) is 14.0. The van der Waals surface area contributed by atoms with Crippen LogP contribution < -0.4 is 0 Å². The Kier molecular flexibility index (Phi) is 5.73.